The van der Waals surface area contributed by atoms with Crippen LogP contribution in [0.4, 0.5) is 19.1 Å². The van der Waals surface area contributed by atoms with Crippen molar-refractivity contribution in [2.24, 2.45) is 0 Å². The Morgan fingerprint density at radius 2 is 1.86 bits per heavy atom. The molecule has 1 aromatic carbocycles. The molecular formula is C14H14F3N3O. The summed E-state index contributed by atoms with van der Waals surface area (Å²) >= 11 is 0. The lowest BCUT2D eigenvalue weighted by Gasteiger charge is -2.11. The lowest BCUT2D eigenvalue weighted by atomic mass is 10.3. The van der Waals surface area contributed by atoms with E-state index in [0.717, 1.165) is 12.5 Å². The predicted octanol–water partition coefficient (Wildman–Crippen LogP) is 4.11. The van der Waals surface area contributed by atoms with Crippen LogP contribution in [0.25, 0.3) is 0 Å². The maximum absolute atomic E-state index is 12.8. The summed E-state index contributed by atoms with van der Waals surface area (Å²) in [5, 5.41) is 2.73. The number of nitrogens with zero attached hydrogens (tertiary/aromatic N) is 2. The molecule has 1 aromatic heterocycles. The van der Waals surface area contributed by atoms with E-state index in [1.165, 1.54) is 0 Å². The summed E-state index contributed by atoms with van der Waals surface area (Å²) in [7, 11) is 0. The third-order valence-corrected chi connectivity index (χ3v) is 2.49. The van der Waals surface area contributed by atoms with Gasteiger partial charge in [0.15, 0.2) is 5.69 Å². The number of hydrogen-bond acceptors (Lipinski definition) is 4. The van der Waals surface area contributed by atoms with Crippen LogP contribution in [-0.2, 0) is 6.18 Å². The minimum atomic E-state index is -4.56. The van der Waals surface area contributed by atoms with Gasteiger partial charge in [0, 0.05) is 12.6 Å². The second-order valence-corrected chi connectivity index (χ2v) is 4.25. The number of para-hydroxylation sites is 1. The molecule has 0 saturated heterocycles. The van der Waals surface area contributed by atoms with Gasteiger partial charge in [0.1, 0.15) is 5.75 Å². The Bertz CT molecular complexity index is 588. The molecule has 0 aliphatic heterocycles. The van der Waals surface area contributed by atoms with Gasteiger partial charge in [-0.25, -0.2) is 4.98 Å². The van der Waals surface area contributed by atoms with Gasteiger partial charge in [-0.1, -0.05) is 25.1 Å². The molecule has 0 spiro atoms. The molecule has 0 aliphatic rings. The van der Waals surface area contributed by atoms with Crippen molar-refractivity contribution in [2.75, 3.05) is 11.9 Å². The van der Waals surface area contributed by atoms with Crippen LogP contribution in [0.1, 0.15) is 19.0 Å². The van der Waals surface area contributed by atoms with E-state index >= 15 is 0 Å². The van der Waals surface area contributed by atoms with Crippen LogP contribution in [0.5, 0.6) is 11.6 Å². The maximum Gasteiger partial charge on any atom is 0.433 e. The molecule has 0 atom stereocenters. The van der Waals surface area contributed by atoms with Gasteiger partial charge in [-0.15, -0.1) is 0 Å². The largest absolute Gasteiger partial charge is 0.439 e. The molecule has 0 fully saturated rings. The number of anilines is 1. The van der Waals surface area contributed by atoms with Gasteiger partial charge < -0.3 is 10.1 Å². The number of nitrogens with one attached hydrogen (secondary N) is 1. The smallest absolute Gasteiger partial charge is 0.433 e. The second kappa shape index (κ2) is 6.43. The van der Waals surface area contributed by atoms with E-state index in [-0.39, 0.29) is 11.8 Å². The first-order chi connectivity index (χ1) is 9.99. The number of ether oxygens (including phenoxy) is 1. The maximum atomic E-state index is 12.8. The fraction of sp³-hybridized carbons (Fsp3) is 0.286. The number of benzene rings is 1. The molecule has 2 aromatic rings. The van der Waals surface area contributed by atoms with Crippen molar-refractivity contribution in [3.8, 4) is 11.6 Å². The summed E-state index contributed by atoms with van der Waals surface area (Å²) in [5.41, 5.74) is -1.04. The van der Waals surface area contributed by atoms with Crippen molar-refractivity contribution in [3.05, 3.63) is 42.1 Å². The van der Waals surface area contributed by atoms with Gasteiger partial charge in [-0.2, -0.15) is 18.2 Å². The molecule has 2 rings (SSSR count). The Morgan fingerprint density at radius 3 is 2.48 bits per heavy atom. The van der Waals surface area contributed by atoms with Crippen LogP contribution in [0, 0.1) is 0 Å². The number of hydrogen-bond donors (Lipinski definition) is 1. The van der Waals surface area contributed by atoms with Gasteiger partial charge in [0.05, 0.1) is 0 Å². The van der Waals surface area contributed by atoms with E-state index in [9.17, 15) is 13.2 Å². The van der Waals surface area contributed by atoms with Crippen LogP contribution >= 0.6 is 0 Å². The number of halogens is 3. The number of alkyl halides is 3. The molecule has 21 heavy (non-hydrogen) atoms. The van der Waals surface area contributed by atoms with E-state index in [4.69, 9.17) is 4.74 Å². The van der Waals surface area contributed by atoms with E-state index in [1.54, 1.807) is 30.3 Å². The topological polar surface area (TPSA) is 47.0 Å². The van der Waals surface area contributed by atoms with Gasteiger partial charge in [0.25, 0.3) is 0 Å². The summed E-state index contributed by atoms with van der Waals surface area (Å²) in [5.74, 6) is 0.158. The highest BCUT2D eigenvalue weighted by Crippen LogP contribution is 2.31. The fourth-order valence-corrected chi connectivity index (χ4v) is 1.55. The fourth-order valence-electron chi connectivity index (χ4n) is 1.55. The molecule has 0 aliphatic carbocycles. The average molecular weight is 297 g/mol. The highest BCUT2D eigenvalue weighted by molar-refractivity contribution is 5.34. The van der Waals surface area contributed by atoms with E-state index in [0.29, 0.717) is 12.3 Å². The van der Waals surface area contributed by atoms with E-state index in [1.807, 2.05) is 6.92 Å². The van der Waals surface area contributed by atoms with Gasteiger partial charge in [0.2, 0.25) is 11.8 Å². The average Bonchev–Trinajstić information content (AvgIpc) is 2.45. The molecule has 7 heteroatoms. The van der Waals surface area contributed by atoms with Crippen LogP contribution in [-0.4, -0.2) is 16.5 Å². The van der Waals surface area contributed by atoms with Crippen molar-refractivity contribution >= 4 is 5.95 Å². The zero-order valence-corrected chi connectivity index (χ0v) is 11.3. The number of aromatic nitrogens is 2. The Hall–Kier alpha value is -2.31. The molecule has 1 heterocycles. The molecule has 0 amide bonds. The Labute approximate surface area is 120 Å². The van der Waals surface area contributed by atoms with Gasteiger partial charge in [-0.3, -0.25) is 0 Å². The van der Waals surface area contributed by atoms with Crippen LogP contribution in [0.2, 0.25) is 0 Å². The molecule has 0 bridgehead atoms. The first-order valence-corrected chi connectivity index (χ1v) is 6.42. The van der Waals surface area contributed by atoms with Crippen molar-refractivity contribution in [1.29, 1.82) is 0 Å². The molecule has 112 valence electrons. The minimum absolute atomic E-state index is 0.0994. The number of rotatable bonds is 5. The summed E-state index contributed by atoms with van der Waals surface area (Å²) in [4.78, 5) is 7.39. The first kappa shape index (κ1) is 15.1. The minimum Gasteiger partial charge on any atom is -0.439 e. The molecule has 4 nitrogen and oxygen atoms in total. The summed E-state index contributed by atoms with van der Waals surface area (Å²) in [6.07, 6.45) is -3.81. The van der Waals surface area contributed by atoms with Crippen molar-refractivity contribution < 1.29 is 17.9 Å². The molecule has 0 unspecified atom stereocenters. The summed E-state index contributed by atoms with van der Waals surface area (Å²) in [6, 6.07) is 9.27. The third-order valence-electron chi connectivity index (χ3n) is 2.49. The molecular weight excluding hydrogens is 283 g/mol. The first-order valence-electron chi connectivity index (χ1n) is 6.42. The normalized spacial score (nSPS) is 11.2. The van der Waals surface area contributed by atoms with Crippen molar-refractivity contribution in [3.63, 3.8) is 0 Å². The second-order valence-electron chi connectivity index (χ2n) is 4.25. The SMILES string of the molecule is CCCNc1nc(Oc2ccccc2)cc(C(F)(F)F)n1. The highest BCUT2D eigenvalue weighted by atomic mass is 19.4. The van der Waals surface area contributed by atoms with Gasteiger partial charge >= 0.3 is 6.18 Å². The zero-order valence-electron chi connectivity index (χ0n) is 11.3. The molecule has 1 N–H and O–H groups in total. The van der Waals surface area contributed by atoms with E-state index in [2.05, 4.69) is 15.3 Å². The quantitative estimate of drug-likeness (QED) is 0.902. The Morgan fingerprint density at radius 1 is 1.14 bits per heavy atom. The van der Waals surface area contributed by atoms with E-state index < -0.39 is 11.9 Å². The summed E-state index contributed by atoms with van der Waals surface area (Å²) < 4.78 is 43.8. The van der Waals surface area contributed by atoms with Crippen LogP contribution in [0.15, 0.2) is 36.4 Å². The molecule has 0 radical (unpaired) electrons. The lowest BCUT2D eigenvalue weighted by molar-refractivity contribution is -0.141. The predicted molar refractivity (Wildman–Crippen MR) is 72.3 cm³/mol. The zero-order chi connectivity index (χ0) is 15.3. The highest BCUT2D eigenvalue weighted by Gasteiger charge is 2.34. The van der Waals surface area contributed by atoms with Gasteiger partial charge in [-0.05, 0) is 18.6 Å². The van der Waals surface area contributed by atoms with Crippen LogP contribution < -0.4 is 10.1 Å². The van der Waals surface area contributed by atoms with Crippen molar-refractivity contribution in [1.82, 2.24) is 9.97 Å². The third kappa shape index (κ3) is 4.34. The monoisotopic (exact) mass is 297 g/mol. The van der Waals surface area contributed by atoms with Crippen molar-refractivity contribution in [2.45, 2.75) is 19.5 Å². The molecule has 0 saturated carbocycles. The Kier molecular flexibility index (Phi) is 4.62. The summed E-state index contributed by atoms with van der Waals surface area (Å²) in [6.45, 7) is 2.37. The lowest BCUT2D eigenvalue weighted by Crippen LogP contribution is -2.13. The van der Waals surface area contributed by atoms with Crippen LogP contribution in [0.3, 0.4) is 0 Å². The Balaban J connectivity index is 2.30. The standard InChI is InChI=1S/C14H14F3N3O/c1-2-8-18-13-19-11(14(15,16)17)9-12(20-13)21-10-6-4-3-5-7-10/h3-7,9H,2,8H2,1H3,(H,18,19,20).